The third-order valence-corrected chi connectivity index (χ3v) is 2.62. The number of ether oxygens (including phenoxy) is 1. The summed E-state index contributed by atoms with van der Waals surface area (Å²) in [7, 11) is 0. The molecule has 0 aliphatic rings. The SMILES string of the molecule is Cc1cc(OCCC(N)=O)cc(C)c1Cl. The van der Waals surface area contributed by atoms with Gasteiger partial charge in [-0.15, -0.1) is 0 Å². The Bertz CT molecular complexity index is 354. The van der Waals surface area contributed by atoms with Crippen LogP contribution in [-0.4, -0.2) is 12.5 Å². The van der Waals surface area contributed by atoms with Crippen molar-refractivity contribution in [3.05, 3.63) is 28.3 Å². The van der Waals surface area contributed by atoms with Crippen molar-refractivity contribution in [2.45, 2.75) is 20.3 Å². The zero-order valence-electron chi connectivity index (χ0n) is 8.84. The molecule has 82 valence electrons. The van der Waals surface area contributed by atoms with E-state index in [2.05, 4.69) is 0 Å². The first-order valence-corrected chi connectivity index (χ1v) is 5.06. The molecule has 1 aromatic carbocycles. The molecule has 0 aliphatic heterocycles. The van der Waals surface area contributed by atoms with Gasteiger partial charge in [-0.1, -0.05) is 11.6 Å². The maximum atomic E-state index is 10.5. The van der Waals surface area contributed by atoms with E-state index in [1.807, 2.05) is 26.0 Å². The lowest BCUT2D eigenvalue weighted by atomic mass is 10.1. The summed E-state index contributed by atoms with van der Waals surface area (Å²) in [6.07, 6.45) is 0.223. The third-order valence-electron chi connectivity index (χ3n) is 2.03. The second-order valence-electron chi connectivity index (χ2n) is 3.44. The monoisotopic (exact) mass is 227 g/mol. The van der Waals surface area contributed by atoms with E-state index in [1.165, 1.54) is 0 Å². The van der Waals surface area contributed by atoms with Gasteiger partial charge in [0.05, 0.1) is 13.0 Å². The number of aryl methyl sites for hydroxylation is 2. The van der Waals surface area contributed by atoms with Gasteiger partial charge in [-0.05, 0) is 37.1 Å². The van der Waals surface area contributed by atoms with Crippen molar-refractivity contribution in [1.29, 1.82) is 0 Å². The maximum Gasteiger partial charge on any atom is 0.220 e. The van der Waals surface area contributed by atoms with E-state index in [0.29, 0.717) is 6.61 Å². The number of benzene rings is 1. The van der Waals surface area contributed by atoms with Crippen LogP contribution < -0.4 is 10.5 Å². The van der Waals surface area contributed by atoms with Gasteiger partial charge in [-0.25, -0.2) is 0 Å². The van der Waals surface area contributed by atoms with Crippen LogP contribution in [0.4, 0.5) is 0 Å². The van der Waals surface area contributed by atoms with Gasteiger partial charge in [0.15, 0.2) is 0 Å². The lowest BCUT2D eigenvalue weighted by Crippen LogP contribution is -2.14. The van der Waals surface area contributed by atoms with Crippen LogP contribution in [0.2, 0.25) is 5.02 Å². The van der Waals surface area contributed by atoms with Gasteiger partial charge in [-0.3, -0.25) is 4.79 Å². The molecule has 0 unspecified atom stereocenters. The summed E-state index contributed by atoms with van der Waals surface area (Å²) < 4.78 is 5.37. The number of amides is 1. The van der Waals surface area contributed by atoms with Gasteiger partial charge in [0, 0.05) is 5.02 Å². The van der Waals surface area contributed by atoms with Crippen LogP contribution in [0.25, 0.3) is 0 Å². The van der Waals surface area contributed by atoms with E-state index >= 15 is 0 Å². The Morgan fingerprint density at radius 2 is 1.93 bits per heavy atom. The average molecular weight is 228 g/mol. The Morgan fingerprint density at radius 3 is 2.40 bits per heavy atom. The van der Waals surface area contributed by atoms with Crippen LogP contribution in [0.15, 0.2) is 12.1 Å². The van der Waals surface area contributed by atoms with Gasteiger partial charge >= 0.3 is 0 Å². The zero-order chi connectivity index (χ0) is 11.4. The van der Waals surface area contributed by atoms with Crippen molar-refractivity contribution >= 4 is 17.5 Å². The molecule has 0 aliphatic carbocycles. The van der Waals surface area contributed by atoms with Gasteiger partial charge in [-0.2, -0.15) is 0 Å². The molecule has 0 atom stereocenters. The molecular weight excluding hydrogens is 214 g/mol. The fourth-order valence-corrected chi connectivity index (χ4v) is 1.37. The highest BCUT2D eigenvalue weighted by Gasteiger charge is 2.03. The zero-order valence-corrected chi connectivity index (χ0v) is 9.60. The Labute approximate surface area is 94.2 Å². The van der Waals surface area contributed by atoms with Crippen molar-refractivity contribution in [3.63, 3.8) is 0 Å². The fourth-order valence-electron chi connectivity index (χ4n) is 1.26. The summed E-state index contributed by atoms with van der Waals surface area (Å²) >= 11 is 6.00. The van der Waals surface area contributed by atoms with Crippen molar-refractivity contribution in [2.24, 2.45) is 5.73 Å². The molecule has 0 aromatic heterocycles. The highest BCUT2D eigenvalue weighted by Crippen LogP contribution is 2.25. The molecule has 1 rings (SSSR count). The van der Waals surface area contributed by atoms with Crippen molar-refractivity contribution in [2.75, 3.05) is 6.61 Å². The highest BCUT2D eigenvalue weighted by molar-refractivity contribution is 6.32. The largest absolute Gasteiger partial charge is 0.493 e. The van der Waals surface area contributed by atoms with Crippen molar-refractivity contribution in [3.8, 4) is 5.75 Å². The van der Waals surface area contributed by atoms with Crippen molar-refractivity contribution in [1.82, 2.24) is 0 Å². The topological polar surface area (TPSA) is 52.3 Å². The van der Waals surface area contributed by atoms with E-state index in [1.54, 1.807) is 0 Å². The average Bonchev–Trinajstić information content (AvgIpc) is 2.13. The molecule has 0 fully saturated rings. The van der Waals surface area contributed by atoms with Crippen LogP contribution in [0, 0.1) is 13.8 Å². The number of carbonyl (C=O) groups excluding carboxylic acids is 1. The van der Waals surface area contributed by atoms with Gasteiger partial charge < -0.3 is 10.5 Å². The first-order valence-electron chi connectivity index (χ1n) is 4.68. The third kappa shape index (κ3) is 3.44. The summed E-state index contributed by atoms with van der Waals surface area (Å²) in [5.74, 6) is 0.355. The number of rotatable bonds is 4. The summed E-state index contributed by atoms with van der Waals surface area (Å²) in [6.45, 7) is 4.13. The summed E-state index contributed by atoms with van der Waals surface area (Å²) in [5, 5.41) is 0.747. The number of carbonyl (C=O) groups is 1. The predicted octanol–water partition coefficient (Wildman–Crippen LogP) is 2.21. The molecule has 0 radical (unpaired) electrons. The second kappa shape index (κ2) is 5.03. The first kappa shape index (κ1) is 11.9. The van der Waals surface area contributed by atoms with Gasteiger partial charge in [0.2, 0.25) is 5.91 Å². The minimum atomic E-state index is -0.364. The van der Waals surface area contributed by atoms with E-state index in [9.17, 15) is 4.79 Å². The molecule has 3 nitrogen and oxygen atoms in total. The number of halogens is 1. The van der Waals surface area contributed by atoms with Crippen LogP contribution >= 0.6 is 11.6 Å². The van der Waals surface area contributed by atoms with Gasteiger partial charge in [0.1, 0.15) is 5.75 Å². The molecule has 0 saturated carbocycles. The molecular formula is C11H14ClNO2. The minimum Gasteiger partial charge on any atom is -0.493 e. The summed E-state index contributed by atoms with van der Waals surface area (Å²) in [4.78, 5) is 10.5. The molecule has 1 amide bonds. The number of hydrogen-bond acceptors (Lipinski definition) is 2. The maximum absolute atomic E-state index is 10.5. The summed E-state index contributed by atoms with van der Waals surface area (Å²) in [6, 6.07) is 3.69. The smallest absolute Gasteiger partial charge is 0.220 e. The lowest BCUT2D eigenvalue weighted by molar-refractivity contribution is -0.118. The van der Waals surface area contributed by atoms with Crippen LogP contribution in [0.5, 0.6) is 5.75 Å². The number of nitrogens with two attached hydrogens (primary N) is 1. The summed E-state index contributed by atoms with van der Waals surface area (Å²) in [5.41, 5.74) is 6.93. The van der Waals surface area contributed by atoms with Crippen LogP contribution in [0.1, 0.15) is 17.5 Å². The molecule has 2 N–H and O–H groups in total. The Hall–Kier alpha value is -1.22. The standard InChI is InChI=1S/C11H14ClNO2/c1-7-5-9(6-8(2)11(7)12)15-4-3-10(13)14/h5-6H,3-4H2,1-2H3,(H2,13,14). The molecule has 0 saturated heterocycles. The molecule has 0 heterocycles. The highest BCUT2D eigenvalue weighted by atomic mass is 35.5. The molecule has 15 heavy (non-hydrogen) atoms. The minimum absolute atomic E-state index is 0.223. The molecule has 1 aromatic rings. The quantitative estimate of drug-likeness (QED) is 0.858. The van der Waals surface area contributed by atoms with Crippen LogP contribution in [0.3, 0.4) is 0 Å². The Morgan fingerprint density at radius 1 is 1.40 bits per heavy atom. The van der Waals surface area contributed by atoms with E-state index in [0.717, 1.165) is 21.9 Å². The Balaban J connectivity index is 2.66. The second-order valence-corrected chi connectivity index (χ2v) is 3.81. The van der Waals surface area contributed by atoms with Crippen molar-refractivity contribution < 1.29 is 9.53 Å². The van der Waals surface area contributed by atoms with E-state index < -0.39 is 0 Å². The first-order chi connectivity index (χ1) is 7.00. The van der Waals surface area contributed by atoms with E-state index in [-0.39, 0.29) is 12.3 Å². The van der Waals surface area contributed by atoms with E-state index in [4.69, 9.17) is 22.1 Å². The van der Waals surface area contributed by atoms with Crippen LogP contribution in [-0.2, 0) is 4.79 Å². The fraction of sp³-hybridized carbons (Fsp3) is 0.364. The Kier molecular flexibility index (Phi) is 3.97. The molecule has 0 spiro atoms. The molecule has 0 bridgehead atoms. The van der Waals surface area contributed by atoms with Gasteiger partial charge in [0.25, 0.3) is 0 Å². The normalized spacial score (nSPS) is 10.1. The number of hydrogen-bond donors (Lipinski definition) is 1. The molecule has 4 heteroatoms. The number of primary amides is 1. The lowest BCUT2D eigenvalue weighted by Gasteiger charge is -2.08. The predicted molar refractivity (Wildman–Crippen MR) is 60.2 cm³/mol.